The second-order valence-corrected chi connectivity index (χ2v) is 8.83. The lowest BCUT2D eigenvalue weighted by Gasteiger charge is -2.29. The average molecular weight is 425 g/mol. The van der Waals surface area contributed by atoms with E-state index in [1.165, 1.54) is 5.56 Å². The van der Waals surface area contributed by atoms with Crippen molar-refractivity contribution in [3.8, 4) is 5.75 Å². The van der Waals surface area contributed by atoms with Gasteiger partial charge in [-0.05, 0) is 48.9 Å². The van der Waals surface area contributed by atoms with E-state index >= 15 is 0 Å². The molecule has 1 atom stereocenters. The Hall–Kier alpha value is -2.82. The lowest BCUT2D eigenvalue weighted by molar-refractivity contribution is -0.142. The molecule has 0 aromatic heterocycles. The molecule has 0 saturated carbocycles. The van der Waals surface area contributed by atoms with Crippen LogP contribution in [0.1, 0.15) is 57.2 Å². The van der Waals surface area contributed by atoms with E-state index in [0.29, 0.717) is 30.7 Å². The molecular weight excluding hydrogens is 388 g/mol. The van der Waals surface area contributed by atoms with Crippen molar-refractivity contribution >= 4 is 11.8 Å². The fourth-order valence-corrected chi connectivity index (χ4v) is 3.10. The van der Waals surface area contributed by atoms with Crippen molar-refractivity contribution in [3.05, 3.63) is 65.2 Å². The summed E-state index contributed by atoms with van der Waals surface area (Å²) in [5.74, 6) is 1.04. The molecule has 168 valence electrons. The summed E-state index contributed by atoms with van der Waals surface area (Å²) in [4.78, 5) is 27.3. The standard InChI is InChI=1S/C26H36N2O3/c1-18(2)15-27-26(30)21(6)28(16-22-9-7-20(5)8-10-22)25(29)17-31-24-13-11-23(12-14-24)19(3)4/h7-14,18-19,21H,15-17H2,1-6H3,(H,27,30)/t21-/m0/s1. The molecule has 5 nitrogen and oxygen atoms in total. The molecule has 0 aliphatic carbocycles. The minimum Gasteiger partial charge on any atom is -0.484 e. The molecule has 1 N–H and O–H groups in total. The Morgan fingerprint density at radius 1 is 0.935 bits per heavy atom. The average Bonchev–Trinajstić information content (AvgIpc) is 2.75. The highest BCUT2D eigenvalue weighted by Crippen LogP contribution is 2.19. The summed E-state index contributed by atoms with van der Waals surface area (Å²) < 4.78 is 5.75. The Kier molecular flexibility index (Phi) is 9.10. The van der Waals surface area contributed by atoms with Crippen molar-refractivity contribution in [1.82, 2.24) is 10.2 Å². The molecule has 2 rings (SSSR count). The lowest BCUT2D eigenvalue weighted by Crippen LogP contribution is -2.49. The summed E-state index contributed by atoms with van der Waals surface area (Å²) in [5.41, 5.74) is 3.34. The third-order valence-electron chi connectivity index (χ3n) is 5.23. The van der Waals surface area contributed by atoms with Crippen molar-refractivity contribution < 1.29 is 14.3 Å². The van der Waals surface area contributed by atoms with E-state index in [-0.39, 0.29) is 18.4 Å². The van der Waals surface area contributed by atoms with Crippen molar-refractivity contribution in [3.63, 3.8) is 0 Å². The Labute approximate surface area is 186 Å². The smallest absolute Gasteiger partial charge is 0.261 e. The molecule has 2 aromatic rings. The molecule has 0 spiro atoms. The number of ether oxygens (including phenoxy) is 1. The molecule has 2 aromatic carbocycles. The first-order chi connectivity index (χ1) is 14.7. The number of carbonyl (C=O) groups is 2. The van der Waals surface area contributed by atoms with Crippen LogP contribution in [0.25, 0.3) is 0 Å². The molecular formula is C26H36N2O3. The first kappa shape index (κ1) is 24.4. The van der Waals surface area contributed by atoms with Crippen molar-refractivity contribution in [2.75, 3.05) is 13.2 Å². The fraction of sp³-hybridized carbons (Fsp3) is 0.462. The van der Waals surface area contributed by atoms with E-state index in [1.54, 1.807) is 11.8 Å². The van der Waals surface area contributed by atoms with Crippen LogP contribution in [-0.4, -0.2) is 35.9 Å². The van der Waals surface area contributed by atoms with Crippen molar-refractivity contribution in [2.45, 2.75) is 60.0 Å². The van der Waals surface area contributed by atoms with Gasteiger partial charge in [0, 0.05) is 13.1 Å². The van der Waals surface area contributed by atoms with Gasteiger partial charge in [-0.3, -0.25) is 9.59 Å². The summed E-state index contributed by atoms with van der Waals surface area (Å²) in [6.45, 7) is 12.9. The number of nitrogens with zero attached hydrogens (tertiary/aromatic N) is 1. The van der Waals surface area contributed by atoms with Gasteiger partial charge in [-0.25, -0.2) is 0 Å². The zero-order valence-electron chi connectivity index (χ0n) is 19.6. The normalized spacial score (nSPS) is 12.0. The van der Waals surface area contributed by atoms with E-state index in [2.05, 4.69) is 19.2 Å². The number of nitrogens with one attached hydrogen (secondary N) is 1. The number of hydrogen-bond donors (Lipinski definition) is 1. The Morgan fingerprint density at radius 3 is 2.10 bits per heavy atom. The second-order valence-electron chi connectivity index (χ2n) is 8.83. The number of carbonyl (C=O) groups excluding carboxylic acids is 2. The van der Waals surface area contributed by atoms with E-state index in [9.17, 15) is 9.59 Å². The highest BCUT2D eigenvalue weighted by Gasteiger charge is 2.26. The molecule has 5 heteroatoms. The van der Waals surface area contributed by atoms with Crippen LogP contribution in [0.5, 0.6) is 5.75 Å². The second kappa shape index (κ2) is 11.5. The minimum absolute atomic E-state index is 0.116. The Balaban J connectivity index is 2.10. The molecule has 2 amide bonds. The summed E-state index contributed by atoms with van der Waals surface area (Å²) in [7, 11) is 0. The van der Waals surface area contributed by atoms with Gasteiger partial charge < -0.3 is 15.0 Å². The molecule has 0 fully saturated rings. The molecule has 0 aliphatic heterocycles. The van der Waals surface area contributed by atoms with Crippen LogP contribution in [0.15, 0.2) is 48.5 Å². The third kappa shape index (κ3) is 7.74. The highest BCUT2D eigenvalue weighted by atomic mass is 16.5. The molecule has 31 heavy (non-hydrogen) atoms. The summed E-state index contributed by atoms with van der Waals surface area (Å²) in [5, 5.41) is 2.93. The van der Waals surface area contributed by atoms with Gasteiger partial charge in [0.1, 0.15) is 11.8 Å². The van der Waals surface area contributed by atoms with Crippen molar-refractivity contribution in [2.24, 2.45) is 5.92 Å². The van der Waals surface area contributed by atoms with Gasteiger partial charge >= 0.3 is 0 Å². The van der Waals surface area contributed by atoms with Crippen LogP contribution in [0.4, 0.5) is 0 Å². The lowest BCUT2D eigenvalue weighted by atomic mass is 10.0. The van der Waals surface area contributed by atoms with Crippen LogP contribution in [0.2, 0.25) is 0 Å². The predicted octanol–water partition coefficient (Wildman–Crippen LogP) is 4.69. The molecule has 0 saturated heterocycles. The van der Waals surface area contributed by atoms with Gasteiger partial charge in [0.2, 0.25) is 5.91 Å². The van der Waals surface area contributed by atoms with E-state index in [0.717, 1.165) is 11.1 Å². The van der Waals surface area contributed by atoms with Gasteiger partial charge in [0.25, 0.3) is 5.91 Å². The van der Waals surface area contributed by atoms with Crippen LogP contribution in [0.3, 0.4) is 0 Å². The van der Waals surface area contributed by atoms with Gasteiger partial charge in [0.05, 0.1) is 0 Å². The highest BCUT2D eigenvalue weighted by molar-refractivity contribution is 5.87. The number of hydrogen-bond acceptors (Lipinski definition) is 3. The molecule has 0 unspecified atom stereocenters. The maximum atomic E-state index is 13.1. The maximum absolute atomic E-state index is 13.1. The van der Waals surface area contributed by atoms with E-state index < -0.39 is 6.04 Å². The Bertz CT molecular complexity index is 842. The monoisotopic (exact) mass is 424 g/mol. The number of rotatable bonds is 10. The summed E-state index contributed by atoms with van der Waals surface area (Å²) in [6, 6.07) is 15.2. The zero-order chi connectivity index (χ0) is 23.0. The zero-order valence-corrected chi connectivity index (χ0v) is 19.6. The maximum Gasteiger partial charge on any atom is 0.261 e. The minimum atomic E-state index is -0.598. The molecule has 0 aliphatic rings. The number of benzene rings is 2. The van der Waals surface area contributed by atoms with Crippen LogP contribution in [0, 0.1) is 12.8 Å². The van der Waals surface area contributed by atoms with Gasteiger partial charge in [-0.2, -0.15) is 0 Å². The summed E-state index contributed by atoms with van der Waals surface area (Å²) >= 11 is 0. The van der Waals surface area contributed by atoms with Crippen LogP contribution >= 0.6 is 0 Å². The number of amides is 2. The molecule has 0 radical (unpaired) electrons. The third-order valence-corrected chi connectivity index (χ3v) is 5.23. The SMILES string of the molecule is Cc1ccc(CN(C(=O)COc2ccc(C(C)C)cc2)[C@@H](C)C(=O)NCC(C)C)cc1. The fourth-order valence-electron chi connectivity index (χ4n) is 3.10. The van der Waals surface area contributed by atoms with Crippen molar-refractivity contribution in [1.29, 1.82) is 0 Å². The summed E-state index contributed by atoms with van der Waals surface area (Å²) in [6.07, 6.45) is 0. The number of aryl methyl sites for hydroxylation is 1. The quantitative estimate of drug-likeness (QED) is 0.602. The van der Waals surface area contributed by atoms with Gasteiger partial charge in [-0.15, -0.1) is 0 Å². The van der Waals surface area contributed by atoms with E-state index in [1.807, 2.05) is 69.3 Å². The largest absolute Gasteiger partial charge is 0.484 e. The van der Waals surface area contributed by atoms with Gasteiger partial charge in [0.15, 0.2) is 6.61 Å². The van der Waals surface area contributed by atoms with Crippen LogP contribution < -0.4 is 10.1 Å². The molecule has 0 heterocycles. The topological polar surface area (TPSA) is 58.6 Å². The van der Waals surface area contributed by atoms with Crippen LogP contribution in [-0.2, 0) is 16.1 Å². The first-order valence-corrected chi connectivity index (χ1v) is 11.0. The van der Waals surface area contributed by atoms with Gasteiger partial charge in [-0.1, -0.05) is 69.7 Å². The molecule has 0 bridgehead atoms. The predicted molar refractivity (Wildman–Crippen MR) is 125 cm³/mol. The first-order valence-electron chi connectivity index (χ1n) is 11.0. The van der Waals surface area contributed by atoms with E-state index in [4.69, 9.17) is 4.74 Å². The Morgan fingerprint density at radius 2 is 1.55 bits per heavy atom.